The van der Waals surface area contributed by atoms with E-state index in [1.807, 2.05) is 18.2 Å². The predicted octanol–water partition coefficient (Wildman–Crippen LogP) is 5.28. The van der Waals surface area contributed by atoms with Crippen LogP contribution in [0.4, 0.5) is 0 Å². The summed E-state index contributed by atoms with van der Waals surface area (Å²) in [6, 6.07) is 21.0. The van der Waals surface area contributed by atoms with Crippen LogP contribution in [0, 0.1) is 0 Å². The molecule has 0 bridgehead atoms. The molecule has 2 nitrogen and oxygen atoms in total. The average molecular weight is 325 g/mol. The van der Waals surface area contributed by atoms with Crippen LogP contribution in [0.2, 0.25) is 0 Å². The van der Waals surface area contributed by atoms with Crippen molar-refractivity contribution in [1.29, 1.82) is 0 Å². The Morgan fingerprint density at radius 1 is 0.875 bits per heavy atom. The maximum Gasteiger partial charge on any atom is 0.0717 e. The van der Waals surface area contributed by atoms with Gasteiger partial charge in [-0.2, -0.15) is 0 Å². The van der Waals surface area contributed by atoms with E-state index in [4.69, 9.17) is 10.5 Å². The zero-order valence-corrected chi connectivity index (χ0v) is 14.9. The highest BCUT2D eigenvalue weighted by atomic mass is 16.5. The number of nitrogens with two attached hydrogens (primary N) is 1. The number of ether oxygens (including phenoxy) is 1. The zero-order chi connectivity index (χ0) is 17.0. The van der Waals surface area contributed by atoms with Gasteiger partial charge in [0.15, 0.2) is 0 Å². The van der Waals surface area contributed by atoms with Crippen LogP contribution in [0.3, 0.4) is 0 Å². The molecule has 0 aromatic heterocycles. The fourth-order valence-corrected chi connectivity index (χ4v) is 3.05. The molecule has 0 heterocycles. The van der Waals surface area contributed by atoms with Gasteiger partial charge in [0.05, 0.1) is 13.2 Å². The van der Waals surface area contributed by atoms with Crippen molar-refractivity contribution in [2.75, 3.05) is 6.61 Å². The van der Waals surface area contributed by atoms with Gasteiger partial charge in [-0.25, -0.2) is 0 Å². The molecule has 2 aromatic rings. The van der Waals surface area contributed by atoms with Gasteiger partial charge in [-0.1, -0.05) is 93.3 Å². The fraction of sp³-hybridized carbons (Fsp3) is 0.455. The molecule has 0 unspecified atom stereocenters. The zero-order valence-electron chi connectivity index (χ0n) is 14.9. The van der Waals surface area contributed by atoms with Gasteiger partial charge in [-0.05, 0) is 17.5 Å². The van der Waals surface area contributed by atoms with Crippen molar-refractivity contribution < 1.29 is 4.74 Å². The summed E-state index contributed by atoms with van der Waals surface area (Å²) in [4.78, 5) is 0. The maximum atomic E-state index is 6.53. The van der Waals surface area contributed by atoms with Crippen molar-refractivity contribution in [2.24, 2.45) is 5.73 Å². The van der Waals surface area contributed by atoms with Crippen molar-refractivity contribution in [3.63, 3.8) is 0 Å². The number of hydrogen-bond donors (Lipinski definition) is 1. The van der Waals surface area contributed by atoms with E-state index < -0.39 is 0 Å². The third kappa shape index (κ3) is 6.46. The van der Waals surface area contributed by atoms with E-state index in [1.54, 1.807) is 0 Å². The highest BCUT2D eigenvalue weighted by molar-refractivity contribution is 5.21. The topological polar surface area (TPSA) is 35.2 Å². The number of hydrogen-bond acceptors (Lipinski definition) is 2. The smallest absolute Gasteiger partial charge is 0.0717 e. The standard InChI is InChI=1S/C22H31NO/c1-2-3-4-11-16-22(23)21(20-14-9-6-10-15-20)18-24-17-19-12-7-5-8-13-19/h5-10,12-15,21-22H,2-4,11,16-18,23H2,1H3/t21-,22-/m0/s1. The Hall–Kier alpha value is -1.64. The minimum absolute atomic E-state index is 0.153. The van der Waals surface area contributed by atoms with E-state index >= 15 is 0 Å². The lowest BCUT2D eigenvalue weighted by Crippen LogP contribution is -2.31. The van der Waals surface area contributed by atoms with Crippen molar-refractivity contribution in [3.8, 4) is 0 Å². The highest BCUT2D eigenvalue weighted by Crippen LogP contribution is 2.23. The number of benzene rings is 2. The average Bonchev–Trinajstić information content (AvgIpc) is 2.64. The fourth-order valence-electron chi connectivity index (χ4n) is 3.05. The van der Waals surface area contributed by atoms with E-state index in [-0.39, 0.29) is 12.0 Å². The van der Waals surface area contributed by atoms with Crippen LogP contribution in [0.1, 0.15) is 56.1 Å². The normalized spacial score (nSPS) is 13.6. The summed E-state index contributed by atoms with van der Waals surface area (Å²) in [6.45, 7) is 3.56. The van der Waals surface area contributed by atoms with Gasteiger partial charge < -0.3 is 10.5 Å². The molecule has 2 rings (SSSR count). The van der Waals surface area contributed by atoms with Gasteiger partial charge in [0.1, 0.15) is 0 Å². The molecular formula is C22H31NO. The first kappa shape index (κ1) is 18.7. The summed E-state index contributed by atoms with van der Waals surface area (Å²) in [5.74, 6) is 0.261. The summed E-state index contributed by atoms with van der Waals surface area (Å²) >= 11 is 0. The minimum atomic E-state index is 0.153. The molecule has 0 amide bonds. The molecule has 2 heteroatoms. The molecule has 130 valence electrons. The van der Waals surface area contributed by atoms with E-state index in [0.717, 1.165) is 6.42 Å². The second-order valence-corrected chi connectivity index (χ2v) is 6.53. The van der Waals surface area contributed by atoms with Gasteiger partial charge in [-0.15, -0.1) is 0 Å². The maximum absolute atomic E-state index is 6.53. The first-order valence-corrected chi connectivity index (χ1v) is 9.23. The van der Waals surface area contributed by atoms with Gasteiger partial charge >= 0.3 is 0 Å². The molecule has 2 aromatic carbocycles. The van der Waals surface area contributed by atoms with Crippen LogP contribution in [0.5, 0.6) is 0 Å². The molecule has 0 aliphatic carbocycles. The lowest BCUT2D eigenvalue weighted by atomic mass is 9.89. The van der Waals surface area contributed by atoms with Crippen molar-refractivity contribution in [2.45, 2.75) is 57.6 Å². The Kier molecular flexibility index (Phi) is 8.58. The van der Waals surface area contributed by atoms with E-state index in [2.05, 4.69) is 49.4 Å². The molecule has 0 spiro atoms. The predicted molar refractivity (Wildman–Crippen MR) is 102 cm³/mol. The Balaban J connectivity index is 1.90. The third-order valence-electron chi connectivity index (χ3n) is 4.54. The van der Waals surface area contributed by atoms with Gasteiger partial charge in [0, 0.05) is 12.0 Å². The van der Waals surface area contributed by atoms with Crippen molar-refractivity contribution >= 4 is 0 Å². The number of rotatable bonds is 11. The molecule has 0 saturated heterocycles. The van der Waals surface area contributed by atoms with Gasteiger partial charge in [0.2, 0.25) is 0 Å². The first-order valence-electron chi connectivity index (χ1n) is 9.23. The SMILES string of the molecule is CCCCCC[C@H](N)[C@@H](COCc1ccccc1)c1ccccc1. The quantitative estimate of drug-likeness (QED) is 0.570. The Bertz CT molecular complexity index is 540. The molecule has 2 atom stereocenters. The third-order valence-corrected chi connectivity index (χ3v) is 4.54. The van der Waals surface area contributed by atoms with Crippen LogP contribution in [0.25, 0.3) is 0 Å². The molecule has 0 aliphatic rings. The van der Waals surface area contributed by atoms with Crippen molar-refractivity contribution in [1.82, 2.24) is 0 Å². The van der Waals surface area contributed by atoms with Crippen LogP contribution < -0.4 is 5.73 Å². The van der Waals surface area contributed by atoms with E-state index in [0.29, 0.717) is 13.2 Å². The Morgan fingerprint density at radius 2 is 1.54 bits per heavy atom. The summed E-state index contributed by atoms with van der Waals surface area (Å²) in [7, 11) is 0. The second kappa shape index (κ2) is 11.0. The van der Waals surface area contributed by atoms with Crippen LogP contribution in [0.15, 0.2) is 60.7 Å². The monoisotopic (exact) mass is 325 g/mol. The first-order chi connectivity index (χ1) is 11.8. The van der Waals surface area contributed by atoms with E-state index in [9.17, 15) is 0 Å². The summed E-state index contributed by atoms with van der Waals surface area (Å²) in [6.07, 6.45) is 6.10. The lowest BCUT2D eigenvalue weighted by molar-refractivity contribution is 0.0993. The van der Waals surface area contributed by atoms with Gasteiger partial charge in [-0.3, -0.25) is 0 Å². The van der Waals surface area contributed by atoms with Crippen molar-refractivity contribution in [3.05, 3.63) is 71.8 Å². The molecule has 24 heavy (non-hydrogen) atoms. The molecule has 0 fully saturated rings. The second-order valence-electron chi connectivity index (χ2n) is 6.53. The lowest BCUT2D eigenvalue weighted by Gasteiger charge is -2.24. The Labute approximate surface area is 147 Å². The largest absolute Gasteiger partial charge is 0.376 e. The molecule has 0 radical (unpaired) electrons. The Morgan fingerprint density at radius 3 is 2.21 bits per heavy atom. The highest BCUT2D eigenvalue weighted by Gasteiger charge is 2.19. The number of unbranched alkanes of at least 4 members (excludes halogenated alkanes) is 3. The molecule has 0 aliphatic heterocycles. The molecule has 2 N–H and O–H groups in total. The van der Waals surface area contributed by atoms with Gasteiger partial charge in [0.25, 0.3) is 0 Å². The molecular weight excluding hydrogens is 294 g/mol. The van der Waals surface area contributed by atoms with Crippen LogP contribution in [-0.4, -0.2) is 12.6 Å². The minimum Gasteiger partial charge on any atom is -0.376 e. The summed E-state index contributed by atoms with van der Waals surface area (Å²) in [5, 5.41) is 0. The summed E-state index contributed by atoms with van der Waals surface area (Å²) < 4.78 is 6.00. The summed E-state index contributed by atoms with van der Waals surface area (Å²) in [5.41, 5.74) is 9.03. The van der Waals surface area contributed by atoms with E-state index in [1.165, 1.54) is 36.8 Å². The van der Waals surface area contributed by atoms with Crippen LogP contribution in [-0.2, 0) is 11.3 Å². The molecule has 0 saturated carbocycles. The van der Waals surface area contributed by atoms with Crippen LogP contribution >= 0.6 is 0 Å².